The predicted molar refractivity (Wildman–Crippen MR) is 64.7 cm³/mol. The van der Waals surface area contributed by atoms with Crippen LogP contribution in [0.2, 0.25) is 0 Å². The summed E-state index contributed by atoms with van der Waals surface area (Å²) in [5.41, 5.74) is 6.02. The van der Waals surface area contributed by atoms with E-state index in [9.17, 15) is 8.78 Å². The molecule has 94 valence electrons. The molecule has 0 radical (unpaired) electrons. The van der Waals surface area contributed by atoms with E-state index < -0.39 is 11.6 Å². The molecule has 1 saturated heterocycles. The monoisotopic (exact) mass is 305 g/mol. The van der Waals surface area contributed by atoms with Crippen LogP contribution in [0.1, 0.15) is 12.0 Å². The lowest BCUT2D eigenvalue weighted by atomic mass is 9.93. The molecule has 1 fully saturated rings. The van der Waals surface area contributed by atoms with Gasteiger partial charge in [-0.1, -0.05) is 0 Å². The zero-order chi connectivity index (χ0) is 12.4. The highest BCUT2D eigenvalue weighted by molar-refractivity contribution is 9.10. The summed E-state index contributed by atoms with van der Waals surface area (Å²) in [7, 11) is 0. The molecule has 1 heterocycles. The Bertz CT molecular complexity index is 408. The third-order valence-electron chi connectivity index (χ3n) is 3.15. The van der Waals surface area contributed by atoms with Gasteiger partial charge in [-0.05, 0) is 46.8 Å². The van der Waals surface area contributed by atoms with E-state index in [2.05, 4.69) is 15.9 Å². The third-order valence-corrected chi connectivity index (χ3v) is 3.76. The van der Waals surface area contributed by atoms with Gasteiger partial charge in [0.1, 0.15) is 11.6 Å². The Morgan fingerprint density at radius 2 is 2.24 bits per heavy atom. The van der Waals surface area contributed by atoms with Crippen LogP contribution in [0, 0.1) is 17.6 Å². The molecule has 2 rings (SSSR count). The Morgan fingerprint density at radius 3 is 2.88 bits per heavy atom. The van der Waals surface area contributed by atoms with Gasteiger partial charge in [0.25, 0.3) is 0 Å². The van der Waals surface area contributed by atoms with Gasteiger partial charge in [0.15, 0.2) is 0 Å². The molecule has 0 amide bonds. The zero-order valence-electron chi connectivity index (χ0n) is 9.26. The first kappa shape index (κ1) is 12.9. The first-order valence-electron chi connectivity index (χ1n) is 5.55. The molecule has 5 heteroatoms. The molecule has 2 unspecified atom stereocenters. The van der Waals surface area contributed by atoms with Gasteiger partial charge in [-0.3, -0.25) is 0 Å². The highest BCUT2D eigenvalue weighted by Gasteiger charge is 2.25. The van der Waals surface area contributed by atoms with Crippen LogP contribution in [0.15, 0.2) is 16.6 Å². The van der Waals surface area contributed by atoms with Crippen molar-refractivity contribution in [2.45, 2.75) is 18.9 Å². The molecule has 2 nitrogen and oxygen atoms in total. The van der Waals surface area contributed by atoms with Crippen molar-refractivity contribution in [1.82, 2.24) is 0 Å². The van der Waals surface area contributed by atoms with E-state index in [0.717, 1.165) is 6.42 Å². The molecule has 1 aromatic carbocycles. The highest BCUT2D eigenvalue weighted by atomic mass is 79.9. The first-order valence-corrected chi connectivity index (χ1v) is 6.34. The van der Waals surface area contributed by atoms with Crippen molar-refractivity contribution in [3.63, 3.8) is 0 Å². The topological polar surface area (TPSA) is 35.2 Å². The molecule has 2 atom stereocenters. The molecular weight excluding hydrogens is 292 g/mol. The lowest BCUT2D eigenvalue weighted by Gasteiger charge is -2.18. The normalized spacial score (nSPS) is 21.8. The molecule has 0 aliphatic carbocycles. The zero-order valence-corrected chi connectivity index (χ0v) is 10.8. The van der Waals surface area contributed by atoms with Crippen molar-refractivity contribution in [3.8, 4) is 0 Å². The quantitative estimate of drug-likeness (QED) is 0.871. The number of hydrogen-bond donors (Lipinski definition) is 1. The largest absolute Gasteiger partial charge is 0.381 e. The van der Waals surface area contributed by atoms with Gasteiger partial charge in [0.2, 0.25) is 0 Å². The average molecular weight is 306 g/mol. The standard InChI is InChI=1S/C12H14BrF2NO/c13-9-1-2-10(14)8(12(9)15)5-11(16)7-3-4-17-6-7/h1-2,7,11H,3-6,16H2. The van der Waals surface area contributed by atoms with E-state index in [1.54, 1.807) is 0 Å². The average Bonchev–Trinajstić information content (AvgIpc) is 2.83. The minimum absolute atomic E-state index is 0.0544. The van der Waals surface area contributed by atoms with Crippen LogP contribution in [0.25, 0.3) is 0 Å². The smallest absolute Gasteiger partial charge is 0.143 e. The minimum Gasteiger partial charge on any atom is -0.381 e. The first-order chi connectivity index (χ1) is 8.09. The lowest BCUT2D eigenvalue weighted by Crippen LogP contribution is -2.33. The fourth-order valence-corrected chi connectivity index (χ4v) is 2.42. The van der Waals surface area contributed by atoms with E-state index in [4.69, 9.17) is 10.5 Å². The lowest BCUT2D eigenvalue weighted by molar-refractivity contribution is 0.180. The van der Waals surface area contributed by atoms with Crippen LogP contribution < -0.4 is 5.73 Å². The van der Waals surface area contributed by atoms with Crippen LogP contribution >= 0.6 is 15.9 Å². The fraction of sp³-hybridized carbons (Fsp3) is 0.500. The number of hydrogen-bond acceptors (Lipinski definition) is 2. The summed E-state index contributed by atoms with van der Waals surface area (Å²) in [6.07, 6.45) is 1.06. The summed E-state index contributed by atoms with van der Waals surface area (Å²) in [6.45, 7) is 1.26. The van der Waals surface area contributed by atoms with Gasteiger partial charge in [-0.15, -0.1) is 0 Å². The van der Waals surface area contributed by atoms with Crippen molar-refractivity contribution in [2.75, 3.05) is 13.2 Å². The SMILES string of the molecule is NC(Cc1c(F)ccc(Br)c1F)C1CCOC1. The molecule has 1 aliphatic rings. The van der Waals surface area contributed by atoms with E-state index >= 15 is 0 Å². The van der Waals surface area contributed by atoms with Gasteiger partial charge in [-0.2, -0.15) is 0 Å². The van der Waals surface area contributed by atoms with Gasteiger partial charge >= 0.3 is 0 Å². The van der Waals surface area contributed by atoms with Gasteiger partial charge in [0, 0.05) is 18.2 Å². The Kier molecular flexibility index (Phi) is 4.12. The molecule has 1 aliphatic heterocycles. The minimum atomic E-state index is -0.556. The molecule has 0 bridgehead atoms. The fourth-order valence-electron chi connectivity index (χ4n) is 2.05. The van der Waals surface area contributed by atoms with E-state index in [0.29, 0.717) is 13.2 Å². The summed E-state index contributed by atoms with van der Waals surface area (Å²) in [6, 6.07) is 2.34. The maximum Gasteiger partial charge on any atom is 0.143 e. The van der Waals surface area contributed by atoms with Crippen molar-refractivity contribution in [3.05, 3.63) is 33.8 Å². The summed E-state index contributed by atoms with van der Waals surface area (Å²) in [5, 5.41) is 0. The van der Waals surface area contributed by atoms with Crippen LogP contribution in [0.3, 0.4) is 0 Å². The Labute approximate surface area is 107 Å². The van der Waals surface area contributed by atoms with E-state index in [-0.39, 0.29) is 28.4 Å². The summed E-state index contributed by atoms with van der Waals surface area (Å²) in [5.74, 6) is -0.910. The summed E-state index contributed by atoms with van der Waals surface area (Å²) in [4.78, 5) is 0. The molecule has 0 saturated carbocycles. The predicted octanol–water partition coefficient (Wildman–Crippen LogP) is 2.63. The number of halogens is 3. The molecule has 1 aromatic rings. The van der Waals surface area contributed by atoms with Crippen molar-refractivity contribution in [1.29, 1.82) is 0 Å². The second kappa shape index (κ2) is 5.42. The molecule has 0 aromatic heterocycles. The van der Waals surface area contributed by atoms with Crippen LogP contribution in [0.5, 0.6) is 0 Å². The Hall–Kier alpha value is -0.520. The number of rotatable bonds is 3. The molecule has 2 N–H and O–H groups in total. The van der Waals surface area contributed by atoms with Gasteiger partial charge < -0.3 is 10.5 Å². The van der Waals surface area contributed by atoms with Gasteiger partial charge in [-0.25, -0.2) is 8.78 Å². The van der Waals surface area contributed by atoms with Crippen molar-refractivity contribution < 1.29 is 13.5 Å². The Morgan fingerprint density at radius 1 is 1.47 bits per heavy atom. The van der Waals surface area contributed by atoms with Gasteiger partial charge in [0.05, 0.1) is 11.1 Å². The van der Waals surface area contributed by atoms with E-state index in [1.165, 1.54) is 12.1 Å². The second-order valence-electron chi connectivity index (χ2n) is 4.31. The van der Waals surface area contributed by atoms with Crippen molar-refractivity contribution >= 4 is 15.9 Å². The molecule has 0 spiro atoms. The maximum absolute atomic E-state index is 13.7. The number of benzene rings is 1. The maximum atomic E-state index is 13.7. The van der Waals surface area contributed by atoms with Crippen LogP contribution in [-0.4, -0.2) is 19.3 Å². The third kappa shape index (κ3) is 2.84. The summed E-state index contributed by atoms with van der Waals surface area (Å²) >= 11 is 3.05. The van der Waals surface area contributed by atoms with E-state index in [1.807, 2.05) is 0 Å². The van der Waals surface area contributed by atoms with Crippen LogP contribution in [-0.2, 0) is 11.2 Å². The molecular formula is C12H14BrF2NO. The van der Waals surface area contributed by atoms with Crippen molar-refractivity contribution in [2.24, 2.45) is 11.7 Å². The molecule has 17 heavy (non-hydrogen) atoms. The number of nitrogens with two attached hydrogens (primary N) is 1. The second-order valence-corrected chi connectivity index (χ2v) is 5.17. The Balaban J connectivity index is 2.14. The summed E-state index contributed by atoms with van der Waals surface area (Å²) < 4.78 is 32.8. The highest BCUT2D eigenvalue weighted by Crippen LogP contribution is 2.25. The van der Waals surface area contributed by atoms with Crippen LogP contribution in [0.4, 0.5) is 8.78 Å². The number of ether oxygens (including phenoxy) is 1.